The second kappa shape index (κ2) is 3.73. The molecule has 2 aromatic rings. The van der Waals surface area contributed by atoms with Crippen LogP contribution in [0.25, 0.3) is 11.2 Å². The molecule has 0 saturated carbocycles. The fourth-order valence-corrected chi connectivity index (χ4v) is 2.09. The lowest BCUT2D eigenvalue weighted by Gasteiger charge is -2.09. The molecule has 0 bridgehead atoms. The fourth-order valence-electron chi connectivity index (χ4n) is 2.09. The van der Waals surface area contributed by atoms with E-state index in [1.54, 1.807) is 6.07 Å². The zero-order valence-corrected chi connectivity index (χ0v) is 9.17. The molecule has 88 valence electrons. The fraction of sp³-hybridized carbons (Fsp3) is 0.364. The van der Waals surface area contributed by atoms with Crippen LogP contribution in [0.1, 0.15) is 31.4 Å². The highest BCUT2D eigenvalue weighted by Crippen LogP contribution is 2.27. The molecule has 0 saturated heterocycles. The summed E-state index contributed by atoms with van der Waals surface area (Å²) in [6.45, 7) is 0. The number of nitrogens with zero attached hydrogens (tertiary/aromatic N) is 4. The Kier molecular flexibility index (Phi) is 2.21. The molecule has 0 aliphatic heterocycles. The lowest BCUT2D eigenvalue weighted by atomic mass is 9.97. The van der Waals surface area contributed by atoms with Crippen LogP contribution in [0.2, 0.25) is 0 Å². The molecule has 17 heavy (non-hydrogen) atoms. The van der Waals surface area contributed by atoms with E-state index in [2.05, 4.69) is 21.1 Å². The van der Waals surface area contributed by atoms with Crippen LogP contribution in [-0.4, -0.2) is 29.8 Å². The molecule has 3 rings (SSSR count). The minimum absolute atomic E-state index is 0.352. The van der Waals surface area contributed by atoms with Crippen LogP contribution in [0.4, 0.5) is 0 Å². The maximum absolute atomic E-state index is 9.53. The van der Waals surface area contributed by atoms with E-state index in [1.807, 2.05) is 0 Å². The van der Waals surface area contributed by atoms with E-state index in [0.29, 0.717) is 5.65 Å². The highest BCUT2D eigenvalue weighted by molar-refractivity contribution is 5.66. The van der Waals surface area contributed by atoms with E-state index in [-0.39, 0.29) is 6.01 Å². The van der Waals surface area contributed by atoms with Crippen molar-refractivity contribution in [3.8, 4) is 12.0 Å². The van der Waals surface area contributed by atoms with Crippen LogP contribution in [0.5, 0.6) is 12.0 Å². The molecular weight excluding hydrogens is 220 g/mol. The van der Waals surface area contributed by atoms with Gasteiger partial charge in [0.15, 0.2) is 5.65 Å². The second-order valence-corrected chi connectivity index (χ2v) is 4.10. The van der Waals surface area contributed by atoms with Crippen molar-refractivity contribution in [2.45, 2.75) is 25.7 Å². The van der Waals surface area contributed by atoms with Gasteiger partial charge in [0, 0.05) is 6.07 Å². The van der Waals surface area contributed by atoms with Gasteiger partial charge in [0.25, 0.3) is 0 Å². The molecule has 0 atom stereocenters. The van der Waals surface area contributed by atoms with Crippen molar-refractivity contribution in [1.29, 1.82) is 0 Å². The van der Waals surface area contributed by atoms with Gasteiger partial charge in [-0.15, -0.1) is 4.98 Å². The van der Waals surface area contributed by atoms with Crippen molar-refractivity contribution in [3.05, 3.63) is 17.8 Å². The van der Waals surface area contributed by atoms with Gasteiger partial charge >= 0.3 is 12.0 Å². The van der Waals surface area contributed by atoms with Gasteiger partial charge in [-0.05, 0) is 31.3 Å². The molecule has 6 heteroatoms. The van der Waals surface area contributed by atoms with Crippen molar-refractivity contribution in [3.63, 3.8) is 0 Å². The van der Waals surface area contributed by atoms with Gasteiger partial charge in [-0.2, -0.15) is 14.6 Å². The summed E-state index contributed by atoms with van der Waals surface area (Å²) < 4.78 is 1.23. The number of fused-ring (bicyclic) bond motifs is 1. The molecule has 0 unspecified atom stereocenters. The first-order valence-electron chi connectivity index (χ1n) is 5.59. The molecular formula is C11H12N4O2. The van der Waals surface area contributed by atoms with Gasteiger partial charge in [0.2, 0.25) is 0 Å². The Morgan fingerprint density at radius 2 is 2.06 bits per heavy atom. The summed E-state index contributed by atoms with van der Waals surface area (Å²) in [5, 5.41) is 23.0. The van der Waals surface area contributed by atoms with Gasteiger partial charge < -0.3 is 10.2 Å². The van der Waals surface area contributed by atoms with Gasteiger partial charge in [-0.3, -0.25) is 0 Å². The smallest absolute Gasteiger partial charge is 0.321 e. The normalized spacial score (nSPS) is 16.1. The van der Waals surface area contributed by atoms with E-state index >= 15 is 0 Å². The molecule has 0 aromatic carbocycles. The summed E-state index contributed by atoms with van der Waals surface area (Å²) in [5.41, 5.74) is 2.36. The third-order valence-corrected chi connectivity index (χ3v) is 2.91. The number of allylic oxidation sites excluding steroid dienone is 2. The van der Waals surface area contributed by atoms with Crippen molar-refractivity contribution < 1.29 is 10.2 Å². The topological polar surface area (TPSA) is 83.5 Å². The summed E-state index contributed by atoms with van der Waals surface area (Å²) in [6, 6.07) is 0.951. The number of aromatic nitrogens is 4. The maximum Gasteiger partial charge on any atom is 0.321 e. The number of rotatable bonds is 1. The van der Waals surface area contributed by atoms with Crippen molar-refractivity contribution in [2.24, 2.45) is 0 Å². The molecule has 2 heterocycles. The lowest BCUT2D eigenvalue weighted by Crippen LogP contribution is -1.96. The van der Waals surface area contributed by atoms with E-state index in [9.17, 15) is 10.2 Å². The number of hydrogen-bond acceptors (Lipinski definition) is 5. The van der Waals surface area contributed by atoms with E-state index in [0.717, 1.165) is 25.0 Å². The molecule has 0 spiro atoms. The van der Waals surface area contributed by atoms with Crippen LogP contribution >= 0.6 is 0 Å². The molecule has 2 N–H and O–H groups in total. The van der Waals surface area contributed by atoms with Crippen LogP contribution in [0.3, 0.4) is 0 Å². The van der Waals surface area contributed by atoms with Crippen molar-refractivity contribution in [1.82, 2.24) is 19.6 Å². The van der Waals surface area contributed by atoms with Crippen LogP contribution in [0, 0.1) is 0 Å². The average molecular weight is 232 g/mol. The predicted octanol–water partition coefficient (Wildman–Crippen LogP) is 1.49. The minimum atomic E-state index is -0.445. The molecule has 0 fully saturated rings. The zero-order valence-electron chi connectivity index (χ0n) is 9.17. The molecule has 0 radical (unpaired) electrons. The van der Waals surface area contributed by atoms with Crippen LogP contribution in [0.15, 0.2) is 12.1 Å². The Morgan fingerprint density at radius 1 is 1.18 bits per heavy atom. The third-order valence-electron chi connectivity index (χ3n) is 2.91. The number of hydrogen-bond donors (Lipinski definition) is 2. The summed E-state index contributed by atoms with van der Waals surface area (Å²) in [6.07, 6.45) is 6.58. The lowest BCUT2D eigenvalue weighted by molar-refractivity contribution is 0.373. The van der Waals surface area contributed by atoms with Crippen molar-refractivity contribution in [2.75, 3.05) is 0 Å². The first-order chi connectivity index (χ1) is 8.24. The minimum Gasteiger partial charge on any atom is -0.479 e. The molecule has 2 aromatic heterocycles. The summed E-state index contributed by atoms with van der Waals surface area (Å²) in [7, 11) is 0. The average Bonchev–Trinajstić information content (AvgIpc) is 2.74. The highest BCUT2D eigenvalue weighted by atomic mass is 16.3. The highest BCUT2D eigenvalue weighted by Gasteiger charge is 2.13. The zero-order chi connectivity index (χ0) is 11.8. The summed E-state index contributed by atoms with van der Waals surface area (Å²) >= 11 is 0. The second-order valence-electron chi connectivity index (χ2n) is 4.10. The summed E-state index contributed by atoms with van der Waals surface area (Å²) in [4.78, 5) is 7.25. The van der Waals surface area contributed by atoms with Gasteiger partial charge in [-0.1, -0.05) is 6.08 Å². The third kappa shape index (κ3) is 1.71. The SMILES string of the molecule is Oc1nc(O)n2nc(C3=CCCCC3)cc2n1. The Morgan fingerprint density at radius 3 is 2.82 bits per heavy atom. The summed E-state index contributed by atoms with van der Waals surface area (Å²) in [5.74, 6) is 0. The van der Waals surface area contributed by atoms with E-state index in [4.69, 9.17) is 0 Å². The molecule has 1 aliphatic rings. The Hall–Kier alpha value is -2.11. The van der Waals surface area contributed by atoms with Crippen LogP contribution < -0.4 is 0 Å². The monoisotopic (exact) mass is 232 g/mol. The predicted molar refractivity (Wildman–Crippen MR) is 60.6 cm³/mol. The van der Waals surface area contributed by atoms with E-state index in [1.165, 1.54) is 16.5 Å². The quantitative estimate of drug-likeness (QED) is 0.778. The first-order valence-corrected chi connectivity index (χ1v) is 5.59. The van der Waals surface area contributed by atoms with Crippen molar-refractivity contribution >= 4 is 11.2 Å². The first kappa shape index (κ1) is 10.1. The molecule has 6 nitrogen and oxygen atoms in total. The molecule has 0 amide bonds. The standard InChI is InChI=1S/C11H12N4O2/c16-10-12-9-6-8(7-4-2-1-3-5-7)14-15(9)11(17)13-10/h4,6H,1-3,5H2,(H2,12,13,16,17). The van der Waals surface area contributed by atoms with Gasteiger partial charge in [-0.25, -0.2) is 0 Å². The van der Waals surface area contributed by atoms with Crippen LogP contribution in [-0.2, 0) is 0 Å². The van der Waals surface area contributed by atoms with Gasteiger partial charge in [0.1, 0.15) is 0 Å². The number of aromatic hydroxyl groups is 2. The molecule has 1 aliphatic carbocycles. The Bertz CT molecular complexity index is 603. The Balaban J connectivity index is 2.13. The largest absolute Gasteiger partial charge is 0.479 e. The Labute approximate surface area is 97.3 Å². The van der Waals surface area contributed by atoms with Gasteiger partial charge in [0.05, 0.1) is 5.69 Å². The van der Waals surface area contributed by atoms with E-state index < -0.39 is 6.01 Å². The maximum atomic E-state index is 9.53.